The molecule has 126 valence electrons. The Balaban J connectivity index is 2.00. The van der Waals surface area contributed by atoms with Crippen molar-refractivity contribution in [3.63, 3.8) is 0 Å². The van der Waals surface area contributed by atoms with Crippen LogP contribution in [0.25, 0.3) is 0 Å². The number of ether oxygens (including phenoxy) is 1. The third-order valence-electron chi connectivity index (χ3n) is 3.24. The lowest BCUT2D eigenvalue weighted by Gasteiger charge is -2.14. The molecule has 0 fully saturated rings. The lowest BCUT2D eigenvalue weighted by atomic mass is 10.2. The van der Waals surface area contributed by atoms with E-state index < -0.39 is 0 Å². The fourth-order valence-electron chi connectivity index (χ4n) is 1.83. The largest absolute Gasteiger partial charge is 0.491 e. The summed E-state index contributed by atoms with van der Waals surface area (Å²) in [6, 6.07) is 10.4. The number of thiocarbonyl (C=S) groups is 1. The second-order valence-electron chi connectivity index (χ2n) is 5.11. The lowest BCUT2D eigenvalue weighted by Crippen LogP contribution is -2.34. The van der Waals surface area contributed by atoms with Gasteiger partial charge in [-0.1, -0.05) is 24.6 Å². The van der Waals surface area contributed by atoms with Crippen molar-refractivity contribution in [2.75, 3.05) is 5.32 Å². The summed E-state index contributed by atoms with van der Waals surface area (Å²) in [4.78, 5) is 16.2. The second-order valence-corrected chi connectivity index (χ2v) is 5.88. The zero-order valence-corrected chi connectivity index (χ0v) is 14.9. The number of rotatable bonds is 5. The standard InChI is InChI=1S/C17H18ClN3O2S/c1-3-11(2)23-13-7-4-6-12(10-13)16(22)21-17(24)20-14-8-5-9-19-15(14)18/h4-11H,3H2,1-2H3,(H2,20,21,22,24)/t11-/m0/s1. The van der Waals surface area contributed by atoms with Gasteiger partial charge in [0, 0.05) is 11.8 Å². The second kappa shape index (κ2) is 8.61. The zero-order valence-electron chi connectivity index (χ0n) is 13.4. The summed E-state index contributed by atoms with van der Waals surface area (Å²) < 4.78 is 5.72. The molecule has 0 saturated heterocycles. The molecule has 0 aliphatic heterocycles. The molecular weight excluding hydrogens is 346 g/mol. The lowest BCUT2D eigenvalue weighted by molar-refractivity contribution is 0.0977. The van der Waals surface area contributed by atoms with Crippen molar-refractivity contribution >= 4 is 40.5 Å². The van der Waals surface area contributed by atoms with Gasteiger partial charge in [-0.25, -0.2) is 4.98 Å². The molecule has 0 bridgehead atoms. The van der Waals surface area contributed by atoms with Crippen LogP contribution in [0.1, 0.15) is 30.6 Å². The van der Waals surface area contributed by atoms with Crippen LogP contribution in [0.5, 0.6) is 5.75 Å². The van der Waals surface area contributed by atoms with Crippen molar-refractivity contribution in [3.05, 3.63) is 53.3 Å². The molecule has 24 heavy (non-hydrogen) atoms. The molecule has 2 rings (SSSR count). The predicted octanol–water partition coefficient (Wildman–Crippen LogP) is 4.04. The van der Waals surface area contributed by atoms with E-state index in [-0.39, 0.29) is 22.3 Å². The molecule has 1 heterocycles. The summed E-state index contributed by atoms with van der Waals surface area (Å²) in [5.41, 5.74) is 0.982. The minimum absolute atomic E-state index is 0.0822. The molecule has 1 aromatic carbocycles. The number of halogens is 1. The molecule has 0 radical (unpaired) electrons. The molecule has 1 atom stereocenters. The van der Waals surface area contributed by atoms with E-state index in [0.717, 1.165) is 6.42 Å². The van der Waals surface area contributed by atoms with Gasteiger partial charge in [-0.2, -0.15) is 0 Å². The molecule has 7 heteroatoms. The van der Waals surface area contributed by atoms with Crippen LogP contribution < -0.4 is 15.4 Å². The van der Waals surface area contributed by atoms with Gasteiger partial charge >= 0.3 is 0 Å². The normalized spacial score (nSPS) is 11.5. The van der Waals surface area contributed by atoms with Crippen molar-refractivity contribution in [2.24, 2.45) is 0 Å². The molecule has 0 aliphatic rings. The zero-order chi connectivity index (χ0) is 17.5. The Hall–Kier alpha value is -2.18. The van der Waals surface area contributed by atoms with Gasteiger partial charge in [0.1, 0.15) is 5.75 Å². The summed E-state index contributed by atoms with van der Waals surface area (Å²) in [7, 11) is 0. The number of hydrogen-bond acceptors (Lipinski definition) is 4. The van der Waals surface area contributed by atoms with E-state index in [0.29, 0.717) is 17.0 Å². The minimum Gasteiger partial charge on any atom is -0.491 e. The van der Waals surface area contributed by atoms with E-state index in [2.05, 4.69) is 15.6 Å². The Morgan fingerprint density at radius 1 is 1.38 bits per heavy atom. The monoisotopic (exact) mass is 363 g/mol. The van der Waals surface area contributed by atoms with Crippen molar-refractivity contribution in [1.29, 1.82) is 0 Å². The molecule has 2 N–H and O–H groups in total. The maximum atomic E-state index is 12.3. The van der Waals surface area contributed by atoms with Crippen LogP contribution in [-0.2, 0) is 0 Å². The highest BCUT2D eigenvalue weighted by atomic mass is 35.5. The first-order chi connectivity index (χ1) is 11.5. The summed E-state index contributed by atoms with van der Waals surface area (Å²) in [6.45, 7) is 4.01. The highest BCUT2D eigenvalue weighted by molar-refractivity contribution is 7.80. The average Bonchev–Trinajstić information content (AvgIpc) is 2.57. The average molecular weight is 364 g/mol. The van der Waals surface area contributed by atoms with Gasteiger partial charge in [0.05, 0.1) is 11.8 Å². The van der Waals surface area contributed by atoms with E-state index in [1.807, 2.05) is 19.9 Å². The van der Waals surface area contributed by atoms with Crippen molar-refractivity contribution in [3.8, 4) is 5.75 Å². The van der Waals surface area contributed by atoms with Crippen LogP contribution in [0.15, 0.2) is 42.6 Å². The van der Waals surface area contributed by atoms with Crippen molar-refractivity contribution in [1.82, 2.24) is 10.3 Å². The number of anilines is 1. The topological polar surface area (TPSA) is 63.2 Å². The van der Waals surface area contributed by atoms with Gasteiger partial charge in [-0.3, -0.25) is 10.1 Å². The molecule has 0 saturated carbocycles. The maximum absolute atomic E-state index is 12.3. The molecule has 5 nitrogen and oxygen atoms in total. The van der Waals surface area contributed by atoms with E-state index >= 15 is 0 Å². The van der Waals surface area contributed by atoms with Crippen LogP contribution in [0.3, 0.4) is 0 Å². The molecule has 2 aromatic rings. The summed E-state index contributed by atoms with van der Waals surface area (Å²) in [6.07, 6.45) is 2.53. The quantitative estimate of drug-likeness (QED) is 0.620. The number of carbonyl (C=O) groups excluding carboxylic acids is 1. The number of amides is 1. The number of carbonyl (C=O) groups is 1. The highest BCUT2D eigenvalue weighted by Gasteiger charge is 2.11. The summed E-state index contributed by atoms with van der Waals surface area (Å²) >= 11 is 11.1. The Bertz CT molecular complexity index is 739. The highest BCUT2D eigenvalue weighted by Crippen LogP contribution is 2.18. The minimum atomic E-state index is -0.331. The van der Waals surface area contributed by atoms with Crippen LogP contribution in [-0.4, -0.2) is 22.1 Å². The van der Waals surface area contributed by atoms with E-state index in [9.17, 15) is 4.79 Å². The van der Waals surface area contributed by atoms with Crippen LogP contribution in [0.4, 0.5) is 5.69 Å². The van der Waals surface area contributed by atoms with E-state index in [4.69, 9.17) is 28.6 Å². The van der Waals surface area contributed by atoms with Crippen molar-refractivity contribution < 1.29 is 9.53 Å². The van der Waals surface area contributed by atoms with Crippen LogP contribution in [0.2, 0.25) is 5.15 Å². The third-order valence-corrected chi connectivity index (χ3v) is 3.75. The number of nitrogens with zero attached hydrogens (tertiary/aromatic N) is 1. The first kappa shape index (κ1) is 18.2. The number of hydrogen-bond donors (Lipinski definition) is 2. The number of benzene rings is 1. The predicted molar refractivity (Wildman–Crippen MR) is 99.8 cm³/mol. The first-order valence-electron chi connectivity index (χ1n) is 7.49. The van der Waals surface area contributed by atoms with Gasteiger partial charge in [0.2, 0.25) is 0 Å². The summed E-state index contributed by atoms with van der Waals surface area (Å²) in [5, 5.41) is 5.86. The maximum Gasteiger partial charge on any atom is 0.257 e. The van der Waals surface area contributed by atoms with Gasteiger partial charge < -0.3 is 10.1 Å². The van der Waals surface area contributed by atoms with E-state index in [1.54, 1.807) is 36.5 Å². The molecule has 0 unspecified atom stereocenters. The Morgan fingerprint density at radius 2 is 2.17 bits per heavy atom. The van der Waals surface area contributed by atoms with Crippen LogP contribution in [0, 0.1) is 0 Å². The van der Waals surface area contributed by atoms with Crippen molar-refractivity contribution in [2.45, 2.75) is 26.4 Å². The third kappa shape index (κ3) is 5.18. The SMILES string of the molecule is CC[C@H](C)Oc1cccc(C(=O)NC(=S)Nc2cccnc2Cl)c1. The molecule has 0 aliphatic carbocycles. The molecule has 1 aromatic heterocycles. The Labute approximate surface area is 151 Å². The number of nitrogens with one attached hydrogen (secondary N) is 2. The van der Waals surface area contributed by atoms with Gasteiger partial charge in [-0.15, -0.1) is 0 Å². The van der Waals surface area contributed by atoms with Gasteiger partial charge in [-0.05, 0) is 55.9 Å². The molecule has 0 spiro atoms. The Kier molecular flexibility index (Phi) is 6.52. The smallest absolute Gasteiger partial charge is 0.257 e. The fraction of sp³-hybridized carbons (Fsp3) is 0.235. The van der Waals surface area contributed by atoms with Gasteiger partial charge in [0.25, 0.3) is 5.91 Å². The summed E-state index contributed by atoms with van der Waals surface area (Å²) in [5.74, 6) is 0.313. The number of aromatic nitrogens is 1. The van der Waals surface area contributed by atoms with E-state index in [1.165, 1.54) is 0 Å². The molecule has 1 amide bonds. The first-order valence-corrected chi connectivity index (χ1v) is 8.27. The van der Waals surface area contributed by atoms with Crippen LogP contribution >= 0.6 is 23.8 Å². The fourth-order valence-corrected chi connectivity index (χ4v) is 2.20. The Morgan fingerprint density at radius 3 is 2.88 bits per heavy atom. The number of pyridine rings is 1. The van der Waals surface area contributed by atoms with Gasteiger partial charge in [0.15, 0.2) is 10.3 Å². The molecular formula is C17H18ClN3O2S.